The van der Waals surface area contributed by atoms with E-state index in [1.807, 2.05) is 6.07 Å². The molecule has 2 aromatic rings. The maximum absolute atomic E-state index is 5.87. The highest BCUT2D eigenvalue weighted by Gasteiger charge is 2.10. The Balaban J connectivity index is 2.06. The van der Waals surface area contributed by atoms with Crippen LogP contribution in [0.25, 0.3) is 0 Å². The number of H-pyrrole nitrogens is 1. The molecule has 3 nitrogen and oxygen atoms in total. The third kappa shape index (κ3) is 2.13. The van der Waals surface area contributed by atoms with Gasteiger partial charge < -0.3 is 0 Å². The zero-order valence-corrected chi connectivity index (χ0v) is 9.27. The Morgan fingerprint density at radius 2 is 2.43 bits per heavy atom. The van der Waals surface area contributed by atoms with Gasteiger partial charge in [0.25, 0.3) is 0 Å². The van der Waals surface area contributed by atoms with Crippen molar-refractivity contribution in [2.24, 2.45) is 0 Å². The van der Waals surface area contributed by atoms with Crippen molar-refractivity contribution in [3.8, 4) is 0 Å². The van der Waals surface area contributed by atoms with E-state index in [-0.39, 0.29) is 0 Å². The molecule has 0 aromatic carbocycles. The van der Waals surface area contributed by atoms with Crippen LogP contribution in [0.1, 0.15) is 23.4 Å². The Morgan fingerprint density at radius 1 is 1.57 bits per heavy atom. The van der Waals surface area contributed by atoms with Crippen molar-refractivity contribution in [1.82, 2.24) is 15.4 Å². The van der Waals surface area contributed by atoms with Crippen LogP contribution >= 0.6 is 22.9 Å². The summed E-state index contributed by atoms with van der Waals surface area (Å²) in [4.78, 5) is 1.29. The highest BCUT2D eigenvalue weighted by molar-refractivity contribution is 7.16. The molecule has 1 atom stereocenters. The molecule has 74 valence electrons. The summed E-state index contributed by atoms with van der Waals surface area (Å²) < 4.78 is 0.840. The van der Waals surface area contributed by atoms with Gasteiger partial charge in [0.05, 0.1) is 16.2 Å². The molecule has 2 aromatic heterocycles. The predicted octanol–water partition coefficient (Wildman–Crippen LogP) is 2.87. The third-order valence-corrected chi connectivity index (χ3v) is 3.52. The number of nitrogens with zero attached hydrogens (tertiary/aromatic N) is 2. The van der Waals surface area contributed by atoms with Crippen LogP contribution in [-0.4, -0.2) is 15.4 Å². The fourth-order valence-corrected chi connectivity index (χ4v) is 2.44. The maximum atomic E-state index is 5.87. The third-order valence-electron chi connectivity index (χ3n) is 2.06. The normalized spacial score (nSPS) is 13.0. The summed E-state index contributed by atoms with van der Waals surface area (Å²) >= 11 is 7.50. The van der Waals surface area contributed by atoms with Crippen LogP contribution < -0.4 is 0 Å². The standard InChI is InChI=1S/C9H10ClN3S/c1-6(4-7-5-11-13-12-7)8-2-3-9(10)14-8/h2-3,5-6H,4H2,1H3,(H,11,12,13). The molecule has 1 unspecified atom stereocenters. The number of halogens is 1. The first-order chi connectivity index (χ1) is 6.75. The van der Waals surface area contributed by atoms with Gasteiger partial charge in [-0.05, 0) is 18.1 Å². The van der Waals surface area contributed by atoms with Crippen molar-refractivity contribution in [2.45, 2.75) is 19.3 Å². The topological polar surface area (TPSA) is 41.6 Å². The van der Waals surface area contributed by atoms with E-state index < -0.39 is 0 Å². The summed E-state index contributed by atoms with van der Waals surface area (Å²) in [5.74, 6) is 0.442. The second kappa shape index (κ2) is 4.11. The van der Waals surface area contributed by atoms with Crippen LogP contribution in [0.5, 0.6) is 0 Å². The molecule has 0 fully saturated rings. The first-order valence-corrected chi connectivity index (χ1v) is 5.55. The molecule has 0 radical (unpaired) electrons. The lowest BCUT2D eigenvalue weighted by atomic mass is 10.0. The van der Waals surface area contributed by atoms with Gasteiger partial charge in [-0.25, -0.2) is 0 Å². The number of aromatic nitrogens is 3. The lowest BCUT2D eigenvalue weighted by Crippen LogP contribution is -1.96. The van der Waals surface area contributed by atoms with Crippen molar-refractivity contribution in [3.05, 3.63) is 33.2 Å². The van der Waals surface area contributed by atoms with Crippen LogP contribution in [0.3, 0.4) is 0 Å². The van der Waals surface area contributed by atoms with Gasteiger partial charge in [0, 0.05) is 11.3 Å². The number of thiophene rings is 1. The Hall–Kier alpha value is -0.870. The highest BCUT2D eigenvalue weighted by Crippen LogP contribution is 2.29. The van der Waals surface area contributed by atoms with Crippen LogP contribution in [0.4, 0.5) is 0 Å². The molecule has 0 saturated heterocycles. The van der Waals surface area contributed by atoms with E-state index in [4.69, 9.17) is 11.6 Å². The highest BCUT2D eigenvalue weighted by atomic mass is 35.5. The Morgan fingerprint density at radius 3 is 3.00 bits per heavy atom. The van der Waals surface area contributed by atoms with Crippen LogP contribution in [-0.2, 0) is 6.42 Å². The average Bonchev–Trinajstić information content (AvgIpc) is 2.75. The fourth-order valence-electron chi connectivity index (χ4n) is 1.33. The smallest absolute Gasteiger partial charge is 0.0931 e. The van der Waals surface area contributed by atoms with E-state index in [1.165, 1.54) is 4.88 Å². The number of hydrogen-bond donors (Lipinski definition) is 1. The lowest BCUT2D eigenvalue weighted by molar-refractivity contribution is 0.749. The summed E-state index contributed by atoms with van der Waals surface area (Å²) in [5.41, 5.74) is 0.988. The molecule has 1 N–H and O–H groups in total. The van der Waals surface area contributed by atoms with Gasteiger partial charge in [0.1, 0.15) is 0 Å². The Kier molecular flexibility index (Phi) is 2.84. The van der Waals surface area contributed by atoms with Gasteiger partial charge in [-0.15, -0.1) is 11.3 Å². The van der Waals surface area contributed by atoms with E-state index in [0.29, 0.717) is 5.92 Å². The molecule has 0 aliphatic rings. The SMILES string of the molecule is CC(Cc1cn[nH]n1)c1ccc(Cl)s1. The predicted molar refractivity (Wildman–Crippen MR) is 57.8 cm³/mol. The average molecular weight is 228 g/mol. The van der Waals surface area contributed by atoms with Crippen LogP contribution in [0.15, 0.2) is 18.3 Å². The number of rotatable bonds is 3. The van der Waals surface area contributed by atoms with Gasteiger partial charge in [-0.2, -0.15) is 15.4 Å². The van der Waals surface area contributed by atoms with Crippen molar-refractivity contribution in [3.63, 3.8) is 0 Å². The summed E-state index contributed by atoms with van der Waals surface area (Å²) in [7, 11) is 0. The molecule has 0 spiro atoms. The second-order valence-electron chi connectivity index (χ2n) is 3.21. The van der Waals surface area contributed by atoms with E-state index in [9.17, 15) is 0 Å². The summed E-state index contributed by atoms with van der Waals surface area (Å²) in [6.07, 6.45) is 2.65. The van der Waals surface area contributed by atoms with E-state index in [1.54, 1.807) is 17.5 Å². The summed E-state index contributed by atoms with van der Waals surface area (Å²) in [6.45, 7) is 2.16. The minimum absolute atomic E-state index is 0.442. The van der Waals surface area contributed by atoms with E-state index in [2.05, 4.69) is 28.4 Å². The second-order valence-corrected chi connectivity index (χ2v) is 4.96. The monoisotopic (exact) mass is 227 g/mol. The van der Waals surface area contributed by atoms with Gasteiger partial charge in [-0.1, -0.05) is 18.5 Å². The first-order valence-electron chi connectivity index (χ1n) is 4.35. The first kappa shape index (κ1) is 9.68. The zero-order valence-electron chi connectivity index (χ0n) is 7.70. The van der Waals surface area contributed by atoms with E-state index in [0.717, 1.165) is 16.5 Å². The number of aromatic amines is 1. The van der Waals surface area contributed by atoms with Gasteiger partial charge in [0.2, 0.25) is 0 Å². The molecule has 2 heterocycles. The fraction of sp³-hybridized carbons (Fsp3) is 0.333. The molecule has 0 saturated carbocycles. The summed E-state index contributed by atoms with van der Waals surface area (Å²) in [6, 6.07) is 4.00. The minimum Gasteiger partial charge on any atom is -0.198 e. The van der Waals surface area contributed by atoms with Crippen molar-refractivity contribution < 1.29 is 0 Å². The zero-order chi connectivity index (χ0) is 9.97. The largest absolute Gasteiger partial charge is 0.198 e. The molecule has 0 aliphatic carbocycles. The van der Waals surface area contributed by atoms with E-state index >= 15 is 0 Å². The van der Waals surface area contributed by atoms with Crippen molar-refractivity contribution >= 4 is 22.9 Å². The molecule has 0 amide bonds. The number of hydrogen-bond acceptors (Lipinski definition) is 3. The van der Waals surface area contributed by atoms with Crippen LogP contribution in [0.2, 0.25) is 4.34 Å². The summed E-state index contributed by atoms with van der Waals surface area (Å²) in [5, 5.41) is 10.4. The van der Waals surface area contributed by atoms with Gasteiger partial charge >= 0.3 is 0 Å². The maximum Gasteiger partial charge on any atom is 0.0931 e. The van der Waals surface area contributed by atoms with Crippen molar-refractivity contribution in [1.29, 1.82) is 0 Å². The van der Waals surface area contributed by atoms with Crippen LogP contribution in [0, 0.1) is 0 Å². The molecule has 0 bridgehead atoms. The molecular formula is C9H10ClN3S. The van der Waals surface area contributed by atoms with Gasteiger partial charge in [-0.3, -0.25) is 0 Å². The van der Waals surface area contributed by atoms with Crippen molar-refractivity contribution in [2.75, 3.05) is 0 Å². The molecule has 5 heteroatoms. The Labute approximate surface area is 91.1 Å². The van der Waals surface area contributed by atoms with Gasteiger partial charge in [0.15, 0.2) is 0 Å². The lowest BCUT2D eigenvalue weighted by Gasteiger charge is -2.05. The minimum atomic E-state index is 0.442. The molecule has 2 rings (SSSR count). The molecular weight excluding hydrogens is 218 g/mol. The molecule has 14 heavy (non-hydrogen) atoms. The Bertz CT molecular complexity index is 396. The number of nitrogens with one attached hydrogen (secondary N) is 1. The quantitative estimate of drug-likeness (QED) is 0.876. The molecule has 0 aliphatic heterocycles.